The van der Waals surface area contributed by atoms with Gasteiger partial charge in [0, 0.05) is 6.04 Å². The van der Waals surface area contributed by atoms with E-state index in [1.807, 2.05) is 6.92 Å². The molecule has 5 nitrogen and oxygen atoms in total. The summed E-state index contributed by atoms with van der Waals surface area (Å²) in [6.07, 6.45) is 6.06. The number of amides is 1. The zero-order valence-electron chi connectivity index (χ0n) is 10.9. The Morgan fingerprint density at radius 2 is 1.89 bits per heavy atom. The average molecular weight is 279 g/mol. The number of rotatable bonds is 6. The van der Waals surface area contributed by atoms with E-state index in [2.05, 4.69) is 10.2 Å². The van der Waals surface area contributed by atoms with Crippen LogP contribution in [-0.2, 0) is 9.59 Å². The number of carboxylic acid groups (broad SMARTS) is 1. The second kappa shape index (κ2) is 9.16. The van der Waals surface area contributed by atoms with Crippen LogP contribution >= 0.6 is 12.4 Å². The molecule has 1 saturated carbocycles. The third kappa shape index (κ3) is 6.21. The first-order chi connectivity index (χ1) is 8.13. The van der Waals surface area contributed by atoms with Gasteiger partial charge in [-0.15, -0.1) is 12.4 Å². The number of nitrogens with one attached hydrogen (secondary N) is 1. The summed E-state index contributed by atoms with van der Waals surface area (Å²) in [5, 5.41) is 10.9. The van der Waals surface area contributed by atoms with Gasteiger partial charge in [-0.25, -0.2) is 0 Å². The zero-order chi connectivity index (χ0) is 12.7. The normalized spacial score (nSPS) is 16.1. The molecule has 18 heavy (non-hydrogen) atoms. The third-order valence-electron chi connectivity index (χ3n) is 3.28. The number of halogens is 1. The van der Waals surface area contributed by atoms with Gasteiger partial charge in [0.15, 0.2) is 0 Å². The number of carboxylic acids is 1. The summed E-state index contributed by atoms with van der Waals surface area (Å²) in [4.78, 5) is 24.0. The first-order valence-corrected chi connectivity index (χ1v) is 6.36. The van der Waals surface area contributed by atoms with Crippen molar-refractivity contribution in [2.24, 2.45) is 0 Å². The summed E-state index contributed by atoms with van der Waals surface area (Å²) >= 11 is 0. The van der Waals surface area contributed by atoms with Gasteiger partial charge >= 0.3 is 5.97 Å². The number of carbonyl (C=O) groups excluding carboxylic acids is 1. The molecule has 0 spiro atoms. The number of aliphatic carboxylic acids is 1. The quantitative estimate of drug-likeness (QED) is 0.768. The van der Waals surface area contributed by atoms with Crippen molar-refractivity contribution in [3.05, 3.63) is 0 Å². The minimum absolute atomic E-state index is 0. The van der Waals surface area contributed by atoms with Crippen LogP contribution in [0.1, 0.15) is 39.0 Å². The molecule has 2 N–H and O–H groups in total. The molecule has 0 aromatic rings. The number of nitrogens with zero attached hydrogens (tertiary/aromatic N) is 1. The Labute approximate surface area is 114 Å². The van der Waals surface area contributed by atoms with Gasteiger partial charge in [0.05, 0.1) is 6.54 Å². The van der Waals surface area contributed by atoms with Crippen molar-refractivity contribution in [1.82, 2.24) is 10.2 Å². The maximum atomic E-state index is 11.5. The van der Waals surface area contributed by atoms with Crippen molar-refractivity contribution in [1.29, 1.82) is 0 Å². The largest absolute Gasteiger partial charge is 0.480 e. The van der Waals surface area contributed by atoms with E-state index in [9.17, 15) is 9.59 Å². The van der Waals surface area contributed by atoms with Gasteiger partial charge in [-0.1, -0.05) is 26.2 Å². The van der Waals surface area contributed by atoms with E-state index in [0.717, 1.165) is 19.4 Å². The predicted molar refractivity (Wildman–Crippen MR) is 72.0 cm³/mol. The Hall–Kier alpha value is -0.810. The fourth-order valence-electron chi connectivity index (χ4n) is 2.36. The van der Waals surface area contributed by atoms with Crippen LogP contribution in [0.5, 0.6) is 0 Å². The summed E-state index contributed by atoms with van der Waals surface area (Å²) in [6, 6.07) is 0.490. The van der Waals surface area contributed by atoms with Crippen molar-refractivity contribution in [3.8, 4) is 0 Å². The van der Waals surface area contributed by atoms with Gasteiger partial charge in [-0.05, 0) is 19.4 Å². The van der Waals surface area contributed by atoms with Crippen molar-refractivity contribution >= 4 is 24.3 Å². The van der Waals surface area contributed by atoms with Crippen molar-refractivity contribution in [2.75, 3.05) is 19.6 Å². The van der Waals surface area contributed by atoms with Crippen LogP contribution < -0.4 is 5.32 Å². The van der Waals surface area contributed by atoms with Crippen molar-refractivity contribution in [2.45, 2.75) is 45.1 Å². The standard InChI is InChI=1S/C12H22N2O3.ClH/c1-2-14(10-6-4-3-5-7-10)9-11(15)13-8-12(16)17;/h10H,2-9H2,1H3,(H,13,15)(H,16,17);1H. The van der Waals surface area contributed by atoms with E-state index < -0.39 is 5.97 Å². The molecule has 1 amide bonds. The number of likely N-dealkylation sites (N-methyl/N-ethyl adjacent to an activating group) is 1. The van der Waals surface area contributed by atoms with Crippen LogP contribution in [0.15, 0.2) is 0 Å². The first-order valence-electron chi connectivity index (χ1n) is 6.36. The molecule has 0 aliphatic heterocycles. The van der Waals surface area contributed by atoms with Crippen LogP contribution in [0.4, 0.5) is 0 Å². The second-order valence-corrected chi connectivity index (χ2v) is 4.53. The Balaban J connectivity index is 0.00000289. The second-order valence-electron chi connectivity index (χ2n) is 4.53. The Morgan fingerprint density at radius 3 is 2.39 bits per heavy atom. The number of carbonyl (C=O) groups is 2. The van der Waals surface area contributed by atoms with E-state index in [0.29, 0.717) is 12.6 Å². The molecule has 0 saturated heterocycles. The van der Waals surface area contributed by atoms with Crippen LogP contribution in [0, 0.1) is 0 Å². The lowest BCUT2D eigenvalue weighted by Gasteiger charge is -2.32. The van der Waals surface area contributed by atoms with Gasteiger partial charge < -0.3 is 10.4 Å². The highest BCUT2D eigenvalue weighted by molar-refractivity contribution is 5.85. The molecular formula is C12H23ClN2O3. The molecule has 1 aliphatic rings. The number of hydrogen-bond acceptors (Lipinski definition) is 3. The molecule has 1 fully saturated rings. The summed E-state index contributed by atoms with van der Waals surface area (Å²) in [5.74, 6) is -1.20. The smallest absolute Gasteiger partial charge is 0.322 e. The van der Waals surface area contributed by atoms with E-state index in [4.69, 9.17) is 5.11 Å². The summed E-state index contributed by atoms with van der Waals surface area (Å²) in [7, 11) is 0. The van der Waals surface area contributed by atoms with E-state index in [1.54, 1.807) is 0 Å². The molecule has 0 bridgehead atoms. The maximum absolute atomic E-state index is 11.5. The topological polar surface area (TPSA) is 69.6 Å². The van der Waals surface area contributed by atoms with Gasteiger partial charge in [-0.2, -0.15) is 0 Å². The highest BCUT2D eigenvalue weighted by Crippen LogP contribution is 2.22. The molecule has 1 rings (SSSR count). The first kappa shape index (κ1) is 17.2. The average Bonchev–Trinajstić information content (AvgIpc) is 2.34. The summed E-state index contributed by atoms with van der Waals surface area (Å²) < 4.78 is 0. The van der Waals surface area contributed by atoms with Gasteiger partial charge in [0.25, 0.3) is 0 Å². The fraction of sp³-hybridized carbons (Fsp3) is 0.833. The maximum Gasteiger partial charge on any atom is 0.322 e. The van der Waals surface area contributed by atoms with E-state index >= 15 is 0 Å². The molecule has 1 aliphatic carbocycles. The highest BCUT2D eigenvalue weighted by Gasteiger charge is 2.21. The van der Waals surface area contributed by atoms with E-state index in [1.165, 1.54) is 19.3 Å². The predicted octanol–water partition coefficient (Wildman–Crippen LogP) is 1.26. The van der Waals surface area contributed by atoms with Gasteiger partial charge in [0.2, 0.25) is 5.91 Å². The molecule has 6 heteroatoms. The molecular weight excluding hydrogens is 256 g/mol. The molecule has 0 radical (unpaired) electrons. The lowest BCUT2D eigenvalue weighted by atomic mass is 9.94. The minimum atomic E-state index is -1.00. The van der Waals surface area contributed by atoms with Crippen LogP contribution in [0.2, 0.25) is 0 Å². The van der Waals surface area contributed by atoms with E-state index in [-0.39, 0.29) is 24.9 Å². The van der Waals surface area contributed by atoms with Gasteiger partial charge in [-0.3, -0.25) is 14.5 Å². The van der Waals surface area contributed by atoms with Crippen LogP contribution in [0.25, 0.3) is 0 Å². The molecule has 0 aromatic heterocycles. The summed E-state index contributed by atoms with van der Waals surface area (Å²) in [6.45, 7) is 2.90. The summed E-state index contributed by atoms with van der Waals surface area (Å²) in [5.41, 5.74) is 0. The molecule has 0 unspecified atom stereocenters. The Morgan fingerprint density at radius 1 is 1.28 bits per heavy atom. The van der Waals surface area contributed by atoms with Crippen LogP contribution in [-0.4, -0.2) is 47.6 Å². The fourth-order valence-corrected chi connectivity index (χ4v) is 2.36. The highest BCUT2D eigenvalue weighted by atomic mass is 35.5. The van der Waals surface area contributed by atoms with Gasteiger partial charge in [0.1, 0.15) is 6.54 Å². The van der Waals surface area contributed by atoms with Crippen molar-refractivity contribution in [3.63, 3.8) is 0 Å². The molecule has 0 aromatic carbocycles. The third-order valence-corrected chi connectivity index (χ3v) is 3.28. The zero-order valence-corrected chi connectivity index (χ0v) is 11.7. The monoisotopic (exact) mass is 278 g/mol. The Kier molecular flexibility index (Phi) is 8.75. The van der Waals surface area contributed by atoms with Crippen LogP contribution in [0.3, 0.4) is 0 Å². The molecule has 0 atom stereocenters. The lowest BCUT2D eigenvalue weighted by Crippen LogP contribution is -2.44. The molecule has 0 heterocycles. The molecule has 106 valence electrons. The number of hydrogen-bond donors (Lipinski definition) is 2. The Bertz CT molecular complexity index is 268. The van der Waals surface area contributed by atoms with Crippen molar-refractivity contribution < 1.29 is 14.7 Å². The minimum Gasteiger partial charge on any atom is -0.480 e. The lowest BCUT2D eigenvalue weighted by molar-refractivity contribution is -0.138. The SMILES string of the molecule is CCN(CC(=O)NCC(=O)O)C1CCCCC1.Cl.